The molecule has 1 aliphatic heterocycles. The fraction of sp³-hybridized carbons (Fsp3) is 0.130. The molecular formula is C23H18N2O4S. The summed E-state index contributed by atoms with van der Waals surface area (Å²) >= 11 is 1.26. The summed E-state index contributed by atoms with van der Waals surface area (Å²) in [4.78, 5) is 52.4. The molecule has 0 spiro atoms. The highest BCUT2D eigenvalue weighted by Gasteiger charge is 2.40. The number of carbonyl (C=O) groups excluding carboxylic acids is 4. The third kappa shape index (κ3) is 3.13. The number of imide groups is 1. The van der Waals surface area contributed by atoms with E-state index in [4.69, 9.17) is 0 Å². The first-order valence-electron chi connectivity index (χ1n) is 9.29. The molecule has 3 amide bonds. The third-order valence-corrected chi connectivity index (χ3v) is 6.25. The summed E-state index contributed by atoms with van der Waals surface area (Å²) in [5.41, 5.74) is 2.75. The second-order valence-corrected chi connectivity index (χ2v) is 8.25. The molecule has 1 aliphatic rings. The summed E-state index contributed by atoms with van der Waals surface area (Å²) in [5, 5.41) is 3.00. The third-order valence-electron chi connectivity index (χ3n) is 5.06. The van der Waals surface area contributed by atoms with E-state index in [-0.39, 0.29) is 11.7 Å². The van der Waals surface area contributed by atoms with Crippen LogP contribution in [0.15, 0.2) is 48.5 Å². The van der Waals surface area contributed by atoms with Crippen LogP contribution in [-0.2, 0) is 4.79 Å². The van der Waals surface area contributed by atoms with E-state index in [0.717, 1.165) is 15.3 Å². The maximum Gasteiger partial charge on any atom is 0.266 e. The monoisotopic (exact) mass is 418 g/mol. The average Bonchev–Trinajstić information content (AvgIpc) is 3.15. The molecule has 0 aliphatic carbocycles. The van der Waals surface area contributed by atoms with Crippen molar-refractivity contribution in [3.8, 4) is 0 Å². The van der Waals surface area contributed by atoms with Gasteiger partial charge in [-0.2, -0.15) is 0 Å². The standard InChI is InChI=1S/C23H18N2O4S/c1-12-13(2)30-23(25-21(28)17-6-4-5-7-18(17)22(25)29)19(12)20(27)15-8-10-16(11-9-15)24-14(3)26/h4-11H,1-3H3,(H,24,26). The van der Waals surface area contributed by atoms with Crippen LogP contribution in [0.5, 0.6) is 0 Å². The normalized spacial score (nSPS) is 12.8. The smallest absolute Gasteiger partial charge is 0.266 e. The van der Waals surface area contributed by atoms with E-state index in [1.807, 2.05) is 13.8 Å². The molecule has 6 nitrogen and oxygen atoms in total. The number of thiophene rings is 1. The minimum absolute atomic E-state index is 0.203. The van der Waals surface area contributed by atoms with Crippen molar-refractivity contribution in [3.63, 3.8) is 0 Å². The number of aryl methyl sites for hydroxylation is 1. The topological polar surface area (TPSA) is 83.6 Å². The minimum atomic E-state index is -0.424. The summed E-state index contributed by atoms with van der Waals surface area (Å²) in [6, 6.07) is 13.2. The van der Waals surface area contributed by atoms with E-state index in [2.05, 4.69) is 5.32 Å². The first-order chi connectivity index (χ1) is 14.3. The van der Waals surface area contributed by atoms with Crippen LogP contribution in [0.4, 0.5) is 10.7 Å². The van der Waals surface area contributed by atoms with Crippen molar-refractivity contribution in [2.45, 2.75) is 20.8 Å². The summed E-state index contributed by atoms with van der Waals surface area (Å²) in [6.45, 7) is 5.08. The molecule has 1 aromatic heterocycles. The Morgan fingerprint density at radius 3 is 2.00 bits per heavy atom. The molecule has 0 unspecified atom stereocenters. The SMILES string of the molecule is CC(=O)Nc1ccc(C(=O)c2c(N3C(=O)c4ccccc4C3=O)sc(C)c2C)cc1. The van der Waals surface area contributed by atoms with Crippen molar-refractivity contribution in [2.24, 2.45) is 0 Å². The number of benzene rings is 2. The highest BCUT2D eigenvalue weighted by atomic mass is 32.1. The highest BCUT2D eigenvalue weighted by molar-refractivity contribution is 7.17. The first-order valence-corrected chi connectivity index (χ1v) is 10.1. The van der Waals surface area contributed by atoms with Crippen LogP contribution in [-0.4, -0.2) is 23.5 Å². The lowest BCUT2D eigenvalue weighted by atomic mass is 10.0. The quantitative estimate of drug-likeness (QED) is 0.504. The van der Waals surface area contributed by atoms with Crippen LogP contribution < -0.4 is 10.2 Å². The zero-order valence-corrected chi connectivity index (χ0v) is 17.4. The molecule has 1 N–H and O–H groups in total. The fourth-order valence-electron chi connectivity index (χ4n) is 3.46. The second-order valence-electron chi connectivity index (χ2n) is 7.04. The molecule has 0 bridgehead atoms. The van der Waals surface area contributed by atoms with Gasteiger partial charge in [-0.1, -0.05) is 12.1 Å². The lowest BCUT2D eigenvalue weighted by Crippen LogP contribution is -2.30. The van der Waals surface area contributed by atoms with Crippen molar-refractivity contribution in [1.82, 2.24) is 0 Å². The Hall–Kier alpha value is -3.58. The lowest BCUT2D eigenvalue weighted by molar-refractivity contribution is -0.114. The number of hydrogen-bond acceptors (Lipinski definition) is 5. The van der Waals surface area contributed by atoms with Gasteiger partial charge in [-0.3, -0.25) is 19.2 Å². The van der Waals surface area contributed by atoms with Crippen LogP contribution >= 0.6 is 11.3 Å². The number of nitrogens with zero attached hydrogens (tertiary/aromatic N) is 1. The van der Waals surface area contributed by atoms with Gasteiger partial charge in [0.1, 0.15) is 5.00 Å². The zero-order chi connectivity index (χ0) is 21.6. The van der Waals surface area contributed by atoms with Gasteiger partial charge in [0, 0.05) is 23.1 Å². The zero-order valence-electron chi connectivity index (χ0n) is 16.6. The summed E-state index contributed by atoms with van der Waals surface area (Å²) in [5.74, 6) is -1.33. The molecule has 30 heavy (non-hydrogen) atoms. The molecule has 7 heteroatoms. The van der Waals surface area contributed by atoms with E-state index in [1.165, 1.54) is 18.3 Å². The van der Waals surface area contributed by atoms with Gasteiger partial charge in [0.2, 0.25) is 5.91 Å². The van der Waals surface area contributed by atoms with Gasteiger partial charge < -0.3 is 5.32 Å². The van der Waals surface area contributed by atoms with Gasteiger partial charge in [0.25, 0.3) is 11.8 Å². The van der Waals surface area contributed by atoms with Crippen molar-refractivity contribution >= 4 is 45.5 Å². The van der Waals surface area contributed by atoms with E-state index in [0.29, 0.717) is 32.9 Å². The van der Waals surface area contributed by atoms with Gasteiger partial charge >= 0.3 is 0 Å². The summed E-state index contributed by atoms with van der Waals surface area (Å²) < 4.78 is 0. The second kappa shape index (κ2) is 7.35. The van der Waals surface area contributed by atoms with Crippen LogP contribution in [0, 0.1) is 13.8 Å². The van der Waals surface area contributed by atoms with Crippen LogP contribution in [0.25, 0.3) is 0 Å². The van der Waals surface area contributed by atoms with Crippen LogP contribution in [0.1, 0.15) is 54.0 Å². The molecule has 4 rings (SSSR count). The molecule has 3 aromatic rings. The number of ketones is 1. The predicted molar refractivity (Wildman–Crippen MR) is 116 cm³/mol. The number of amides is 3. The van der Waals surface area contributed by atoms with Crippen molar-refractivity contribution in [3.05, 3.63) is 81.2 Å². The fourth-order valence-corrected chi connectivity index (χ4v) is 4.61. The van der Waals surface area contributed by atoms with Gasteiger partial charge in [0.05, 0.1) is 16.7 Å². The number of hydrogen-bond donors (Lipinski definition) is 1. The number of rotatable bonds is 4. The van der Waals surface area contributed by atoms with Crippen LogP contribution in [0.2, 0.25) is 0 Å². The molecule has 2 aromatic carbocycles. The van der Waals surface area contributed by atoms with E-state index in [1.54, 1.807) is 48.5 Å². The number of carbonyl (C=O) groups is 4. The molecule has 0 fully saturated rings. The van der Waals surface area contributed by atoms with Crippen molar-refractivity contribution in [2.75, 3.05) is 10.2 Å². The highest BCUT2D eigenvalue weighted by Crippen LogP contribution is 2.40. The Morgan fingerprint density at radius 1 is 0.900 bits per heavy atom. The maximum absolute atomic E-state index is 13.3. The minimum Gasteiger partial charge on any atom is -0.326 e. The maximum atomic E-state index is 13.3. The van der Waals surface area contributed by atoms with Gasteiger partial charge in [-0.05, 0) is 55.8 Å². The lowest BCUT2D eigenvalue weighted by Gasteiger charge is -2.14. The molecule has 0 saturated carbocycles. The van der Waals surface area contributed by atoms with Crippen molar-refractivity contribution < 1.29 is 19.2 Å². The number of nitrogens with one attached hydrogen (secondary N) is 1. The van der Waals surface area contributed by atoms with E-state index in [9.17, 15) is 19.2 Å². The van der Waals surface area contributed by atoms with Gasteiger partial charge in [0.15, 0.2) is 5.78 Å². The molecule has 0 saturated heterocycles. The Labute approximate surface area is 177 Å². The Morgan fingerprint density at radius 2 is 1.47 bits per heavy atom. The van der Waals surface area contributed by atoms with E-state index >= 15 is 0 Å². The molecular weight excluding hydrogens is 400 g/mol. The molecule has 150 valence electrons. The summed E-state index contributed by atoms with van der Waals surface area (Å²) in [7, 11) is 0. The molecule has 0 atom stereocenters. The summed E-state index contributed by atoms with van der Waals surface area (Å²) in [6.07, 6.45) is 0. The Balaban J connectivity index is 1.76. The molecule has 0 radical (unpaired) electrons. The average molecular weight is 418 g/mol. The Kier molecular flexibility index (Phi) is 4.83. The van der Waals surface area contributed by atoms with Gasteiger partial charge in [-0.15, -0.1) is 11.3 Å². The molecule has 2 heterocycles. The number of fused-ring (bicyclic) bond motifs is 1. The first kappa shape index (κ1) is 19.7. The van der Waals surface area contributed by atoms with Crippen molar-refractivity contribution in [1.29, 1.82) is 0 Å². The number of anilines is 2. The van der Waals surface area contributed by atoms with E-state index < -0.39 is 11.8 Å². The van der Waals surface area contributed by atoms with Gasteiger partial charge in [-0.25, -0.2) is 4.90 Å². The Bertz CT molecular complexity index is 1190. The predicted octanol–water partition coefficient (Wildman–Crippen LogP) is 4.35. The largest absolute Gasteiger partial charge is 0.326 e. The van der Waals surface area contributed by atoms with Crippen LogP contribution in [0.3, 0.4) is 0 Å².